The summed E-state index contributed by atoms with van der Waals surface area (Å²) in [5, 5.41) is 27.0. The summed E-state index contributed by atoms with van der Waals surface area (Å²) in [6.07, 6.45) is 2.65. The molecule has 202 valence electrons. The van der Waals surface area contributed by atoms with Crippen molar-refractivity contribution in [1.29, 1.82) is 0 Å². The summed E-state index contributed by atoms with van der Waals surface area (Å²) < 4.78 is 0. The molecule has 1 aromatic carbocycles. The SMILES string of the molecule is CSCCC(N)C(=O)NC(C(=O)NC(CC(C)C)C(=O)NC(Cc1ccc(O)cc1)C(=O)O)C(C)C. The van der Waals surface area contributed by atoms with Gasteiger partial charge in [-0.2, -0.15) is 11.8 Å². The lowest BCUT2D eigenvalue weighted by atomic mass is 9.99. The topological polar surface area (TPSA) is 171 Å². The van der Waals surface area contributed by atoms with Crippen molar-refractivity contribution in [3.05, 3.63) is 29.8 Å². The van der Waals surface area contributed by atoms with E-state index >= 15 is 0 Å². The average Bonchev–Trinajstić information content (AvgIpc) is 2.80. The van der Waals surface area contributed by atoms with Crippen LogP contribution in [-0.4, -0.2) is 70.1 Å². The molecule has 36 heavy (non-hydrogen) atoms. The van der Waals surface area contributed by atoms with Crippen molar-refractivity contribution < 1.29 is 29.4 Å². The van der Waals surface area contributed by atoms with Crippen LogP contribution in [0.15, 0.2) is 24.3 Å². The number of nitrogens with two attached hydrogens (primary N) is 1. The predicted molar refractivity (Wildman–Crippen MR) is 141 cm³/mol. The largest absolute Gasteiger partial charge is 0.508 e. The predicted octanol–water partition coefficient (Wildman–Crippen LogP) is 1.26. The molecule has 4 unspecified atom stereocenters. The fraction of sp³-hybridized carbons (Fsp3) is 0.600. The number of phenols is 1. The summed E-state index contributed by atoms with van der Waals surface area (Å²) >= 11 is 1.57. The number of aliphatic carboxylic acids is 1. The lowest BCUT2D eigenvalue weighted by Crippen LogP contribution is -2.58. The standard InChI is InChI=1S/C25H40N4O6S/c1-14(2)12-19(23(32)28-20(25(34)35)13-16-6-8-17(30)9-7-16)27-24(33)21(15(3)4)29-22(31)18(26)10-11-36-5/h6-9,14-15,18-21,30H,10-13,26H2,1-5H3,(H,27,33)(H,28,32)(H,29,31)(H,34,35). The Morgan fingerprint density at radius 1 is 0.917 bits per heavy atom. The number of carboxylic acids is 1. The van der Waals surface area contributed by atoms with E-state index in [-0.39, 0.29) is 30.4 Å². The van der Waals surface area contributed by atoms with Gasteiger partial charge in [0.1, 0.15) is 23.9 Å². The van der Waals surface area contributed by atoms with E-state index in [1.54, 1.807) is 37.7 Å². The van der Waals surface area contributed by atoms with Gasteiger partial charge in [0.05, 0.1) is 6.04 Å². The Kier molecular flexibility index (Phi) is 13.3. The molecule has 11 heteroatoms. The second kappa shape index (κ2) is 15.4. The first-order chi connectivity index (χ1) is 16.8. The van der Waals surface area contributed by atoms with Crippen LogP contribution in [0.5, 0.6) is 5.75 Å². The molecule has 0 bridgehead atoms. The lowest BCUT2D eigenvalue weighted by molar-refractivity contribution is -0.142. The Morgan fingerprint density at radius 3 is 2.00 bits per heavy atom. The summed E-state index contributed by atoms with van der Waals surface area (Å²) in [6, 6.07) is 2.13. The molecule has 7 N–H and O–H groups in total. The van der Waals surface area contributed by atoms with Crippen LogP contribution in [0, 0.1) is 11.8 Å². The minimum Gasteiger partial charge on any atom is -0.508 e. The van der Waals surface area contributed by atoms with Gasteiger partial charge in [-0.25, -0.2) is 4.79 Å². The van der Waals surface area contributed by atoms with Gasteiger partial charge in [-0.15, -0.1) is 0 Å². The molecule has 1 aromatic rings. The van der Waals surface area contributed by atoms with Gasteiger partial charge in [0.15, 0.2) is 0 Å². The molecule has 0 heterocycles. The molecular formula is C25H40N4O6S. The van der Waals surface area contributed by atoms with Crippen LogP contribution < -0.4 is 21.7 Å². The van der Waals surface area contributed by atoms with Gasteiger partial charge >= 0.3 is 5.97 Å². The third-order valence-corrected chi connectivity index (χ3v) is 6.19. The fourth-order valence-corrected chi connectivity index (χ4v) is 3.97. The fourth-order valence-electron chi connectivity index (χ4n) is 3.48. The zero-order chi connectivity index (χ0) is 27.4. The van der Waals surface area contributed by atoms with E-state index in [0.29, 0.717) is 17.7 Å². The molecule has 1 rings (SSSR count). The van der Waals surface area contributed by atoms with Crippen molar-refractivity contribution in [2.24, 2.45) is 17.6 Å². The maximum atomic E-state index is 13.1. The van der Waals surface area contributed by atoms with Crippen molar-refractivity contribution in [3.8, 4) is 5.75 Å². The van der Waals surface area contributed by atoms with Gasteiger partial charge in [0.2, 0.25) is 17.7 Å². The monoisotopic (exact) mass is 524 g/mol. The first-order valence-corrected chi connectivity index (χ1v) is 13.4. The second-order valence-corrected chi connectivity index (χ2v) is 10.6. The molecule has 0 spiro atoms. The molecule has 0 aromatic heterocycles. The smallest absolute Gasteiger partial charge is 0.326 e. The Hall–Kier alpha value is -2.79. The van der Waals surface area contributed by atoms with Gasteiger partial charge < -0.3 is 31.9 Å². The van der Waals surface area contributed by atoms with E-state index in [0.717, 1.165) is 0 Å². The van der Waals surface area contributed by atoms with E-state index in [2.05, 4.69) is 16.0 Å². The number of nitrogens with one attached hydrogen (secondary N) is 3. The number of amides is 3. The number of benzene rings is 1. The Morgan fingerprint density at radius 2 is 1.50 bits per heavy atom. The molecule has 3 amide bonds. The number of hydrogen-bond acceptors (Lipinski definition) is 7. The van der Waals surface area contributed by atoms with E-state index in [1.807, 2.05) is 20.1 Å². The zero-order valence-electron chi connectivity index (χ0n) is 21.6. The molecule has 0 radical (unpaired) electrons. The maximum Gasteiger partial charge on any atom is 0.326 e. The quantitative estimate of drug-likeness (QED) is 0.199. The van der Waals surface area contributed by atoms with Crippen molar-refractivity contribution in [2.75, 3.05) is 12.0 Å². The average molecular weight is 525 g/mol. The highest BCUT2D eigenvalue weighted by Crippen LogP contribution is 2.13. The Labute approximate surface area is 217 Å². The molecule has 0 saturated carbocycles. The Bertz CT molecular complexity index is 878. The molecule has 0 aliphatic rings. The van der Waals surface area contributed by atoms with Gasteiger partial charge in [-0.05, 0) is 54.4 Å². The van der Waals surface area contributed by atoms with Gasteiger partial charge in [-0.3, -0.25) is 14.4 Å². The molecule has 0 saturated heterocycles. The first-order valence-electron chi connectivity index (χ1n) is 12.0. The van der Waals surface area contributed by atoms with Crippen LogP contribution >= 0.6 is 11.8 Å². The number of phenolic OH excluding ortho intramolecular Hbond substituents is 1. The minimum absolute atomic E-state index is 0.00229. The van der Waals surface area contributed by atoms with E-state index in [9.17, 15) is 29.4 Å². The molecule has 0 aliphatic heterocycles. The lowest BCUT2D eigenvalue weighted by Gasteiger charge is -2.27. The van der Waals surface area contributed by atoms with Gasteiger partial charge in [-0.1, -0.05) is 39.8 Å². The highest BCUT2D eigenvalue weighted by molar-refractivity contribution is 7.98. The van der Waals surface area contributed by atoms with E-state index < -0.39 is 47.9 Å². The number of aromatic hydroxyl groups is 1. The highest BCUT2D eigenvalue weighted by atomic mass is 32.2. The van der Waals surface area contributed by atoms with Crippen LogP contribution in [0.4, 0.5) is 0 Å². The van der Waals surface area contributed by atoms with Crippen molar-refractivity contribution in [2.45, 2.75) is 71.1 Å². The van der Waals surface area contributed by atoms with Crippen LogP contribution in [0.2, 0.25) is 0 Å². The summed E-state index contributed by atoms with van der Waals surface area (Å²) in [6.45, 7) is 7.30. The number of thioether (sulfide) groups is 1. The molecule has 0 aliphatic carbocycles. The third-order valence-electron chi connectivity index (χ3n) is 5.55. The van der Waals surface area contributed by atoms with Crippen molar-refractivity contribution in [3.63, 3.8) is 0 Å². The second-order valence-electron chi connectivity index (χ2n) is 9.58. The summed E-state index contributed by atoms with van der Waals surface area (Å²) in [4.78, 5) is 50.5. The summed E-state index contributed by atoms with van der Waals surface area (Å²) in [5.74, 6) is -2.33. The zero-order valence-corrected chi connectivity index (χ0v) is 22.4. The number of carboxylic acid groups (broad SMARTS) is 1. The van der Waals surface area contributed by atoms with Crippen molar-refractivity contribution >= 4 is 35.5 Å². The van der Waals surface area contributed by atoms with Crippen LogP contribution in [-0.2, 0) is 25.6 Å². The minimum atomic E-state index is -1.23. The normalized spacial score (nSPS) is 14.6. The molecular weight excluding hydrogens is 484 g/mol. The summed E-state index contributed by atoms with van der Waals surface area (Å²) in [7, 11) is 0. The van der Waals surface area contributed by atoms with Crippen molar-refractivity contribution in [1.82, 2.24) is 16.0 Å². The molecule has 4 atom stereocenters. The van der Waals surface area contributed by atoms with Crippen LogP contribution in [0.25, 0.3) is 0 Å². The first kappa shape index (κ1) is 31.2. The van der Waals surface area contributed by atoms with Gasteiger partial charge in [0, 0.05) is 6.42 Å². The maximum absolute atomic E-state index is 13.1. The number of carbonyl (C=O) groups is 4. The third kappa shape index (κ3) is 10.9. The molecule has 0 fully saturated rings. The van der Waals surface area contributed by atoms with Crippen LogP contribution in [0.1, 0.15) is 46.1 Å². The number of rotatable bonds is 15. The van der Waals surface area contributed by atoms with E-state index in [1.165, 1.54) is 12.1 Å². The van der Waals surface area contributed by atoms with Crippen LogP contribution in [0.3, 0.4) is 0 Å². The summed E-state index contributed by atoms with van der Waals surface area (Å²) in [5.41, 5.74) is 6.55. The number of carbonyl (C=O) groups excluding carboxylic acids is 3. The highest BCUT2D eigenvalue weighted by Gasteiger charge is 2.32. The number of hydrogen-bond donors (Lipinski definition) is 6. The van der Waals surface area contributed by atoms with E-state index in [4.69, 9.17) is 5.73 Å². The Balaban J connectivity index is 2.96. The molecule has 10 nitrogen and oxygen atoms in total. The van der Waals surface area contributed by atoms with Gasteiger partial charge in [0.25, 0.3) is 0 Å².